The Hall–Kier alpha value is -1.31. The molecular formula is C24H35NO3. The van der Waals surface area contributed by atoms with Crippen LogP contribution in [0, 0.1) is 40.4 Å². The summed E-state index contributed by atoms with van der Waals surface area (Å²) in [5, 5.41) is 20.5. The van der Waals surface area contributed by atoms with Crippen molar-refractivity contribution in [2.45, 2.75) is 76.9 Å². The molecule has 0 aromatic carbocycles. The average molecular weight is 386 g/mol. The van der Waals surface area contributed by atoms with Gasteiger partial charge in [0.05, 0.1) is 0 Å². The van der Waals surface area contributed by atoms with Crippen LogP contribution in [-0.2, 0) is 4.79 Å². The molecule has 0 bridgehead atoms. The van der Waals surface area contributed by atoms with Gasteiger partial charge in [0.2, 0.25) is 5.91 Å². The van der Waals surface area contributed by atoms with Crippen molar-refractivity contribution in [3.8, 4) is 11.8 Å². The predicted octanol–water partition coefficient (Wildman–Crippen LogP) is 3.13. The third kappa shape index (κ3) is 2.70. The number of unbranched alkanes of at least 4 members (excludes halogenated alkanes) is 1. The van der Waals surface area contributed by atoms with Crippen LogP contribution in [0.3, 0.4) is 0 Å². The molecule has 0 saturated heterocycles. The maximum atomic E-state index is 12.2. The highest BCUT2D eigenvalue weighted by Crippen LogP contribution is 2.66. The molecule has 0 aromatic heterocycles. The number of aliphatic hydroxyl groups is 2. The van der Waals surface area contributed by atoms with Crippen LogP contribution in [-0.4, -0.2) is 46.3 Å². The van der Waals surface area contributed by atoms with Crippen LogP contribution in [0.15, 0.2) is 12.2 Å². The Morgan fingerprint density at radius 2 is 1.93 bits per heavy atom. The molecule has 0 aromatic rings. The van der Waals surface area contributed by atoms with Gasteiger partial charge in [-0.2, -0.15) is 0 Å². The summed E-state index contributed by atoms with van der Waals surface area (Å²) in [7, 11) is 1.96. The van der Waals surface area contributed by atoms with Crippen molar-refractivity contribution in [3.05, 3.63) is 12.2 Å². The molecule has 7 atom stereocenters. The number of hydrogen-bond acceptors (Lipinski definition) is 3. The summed E-state index contributed by atoms with van der Waals surface area (Å²) in [5.74, 6) is 8.18. The van der Waals surface area contributed by atoms with Gasteiger partial charge in [-0.25, -0.2) is 0 Å². The lowest BCUT2D eigenvalue weighted by atomic mass is 9.47. The quantitative estimate of drug-likeness (QED) is 0.567. The molecule has 1 aliphatic heterocycles. The SMILES string of the molecule is CN1C(=O)C=C[C@]2(C)C3CC[C@@]4(C)C(CC[C@@]4(O)C#CCCCO)C3CCC12. The summed E-state index contributed by atoms with van der Waals surface area (Å²) >= 11 is 0. The minimum absolute atomic E-state index is 0.0421. The van der Waals surface area contributed by atoms with E-state index in [1.165, 1.54) is 0 Å². The van der Waals surface area contributed by atoms with Gasteiger partial charge in [-0.1, -0.05) is 25.8 Å². The Labute approximate surface area is 169 Å². The van der Waals surface area contributed by atoms with Crippen LogP contribution in [0.25, 0.3) is 0 Å². The highest BCUT2D eigenvalue weighted by Gasteiger charge is 2.64. The Morgan fingerprint density at radius 1 is 1.18 bits per heavy atom. The van der Waals surface area contributed by atoms with Crippen molar-refractivity contribution in [3.63, 3.8) is 0 Å². The first-order chi connectivity index (χ1) is 13.3. The maximum absolute atomic E-state index is 12.2. The molecule has 4 heteroatoms. The standard InChI is InChI=1S/C24H35NO3/c1-22-13-11-21(27)25(3)20(22)8-7-17-18(22)9-14-23(2)19(17)10-15-24(23,28)12-5-4-6-16-26/h11,13,17-20,26,28H,4,6-10,14-16H2,1-3H3/t17?,18?,19?,20?,22-,23+,24+/m1/s1. The van der Waals surface area contributed by atoms with Crippen molar-refractivity contribution in [1.29, 1.82) is 0 Å². The van der Waals surface area contributed by atoms with E-state index in [0.29, 0.717) is 36.6 Å². The summed E-state index contributed by atoms with van der Waals surface area (Å²) in [5.41, 5.74) is -1.00. The molecule has 4 aliphatic rings. The van der Waals surface area contributed by atoms with Crippen molar-refractivity contribution in [1.82, 2.24) is 4.90 Å². The average Bonchev–Trinajstić information content (AvgIpc) is 2.94. The smallest absolute Gasteiger partial charge is 0.246 e. The number of carbonyl (C=O) groups excluding carboxylic acids is 1. The van der Waals surface area contributed by atoms with Crippen LogP contribution in [0.5, 0.6) is 0 Å². The van der Waals surface area contributed by atoms with E-state index in [0.717, 1.165) is 38.5 Å². The zero-order valence-corrected chi connectivity index (χ0v) is 17.6. The largest absolute Gasteiger partial charge is 0.396 e. The van der Waals surface area contributed by atoms with E-state index < -0.39 is 5.60 Å². The minimum atomic E-state index is -0.898. The lowest BCUT2D eigenvalue weighted by molar-refractivity contribution is -0.143. The second kappa shape index (κ2) is 6.89. The fraction of sp³-hybridized carbons (Fsp3) is 0.792. The predicted molar refractivity (Wildman–Crippen MR) is 109 cm³/mol. The van der Waals surface area contributed by atoms with Gasteiger partial charge in [-0.15, -0.1) is 5.92 Å². The molecular weight excluding hydrogens is 350 g/mol. The first-order valence-corrected chi connectivity index (χ1v) is 11.1. The minimum Gasteiger partial charge on any atom is -0.396 e. The fourth-order valence-corrected chi connectivity index (χ4v) is 7.34. The number of likely N-dealkylation sites (N-methyl/N-ethyl adjacent to an activating group) is 1. The van der Waals surface area contributed by atoms with Gasteiger partial charge >= 0.3 is 0 Å². The van der Waals surface area contributed by atoms with Crippen molar-refractivity contribution in [2.75, 3.05) is 13.7 Å². The normalized spacial score (nSPS) is 47.0. The Morgan fingerprint density at radius 3 is 2.68 bits per heavy atom. The molecule has 1 heterocycles. The fourth-order valence-electron chi connectivity index (χ4n) is 7.34. The summed E-state index contributed by atoms with van der Waals surface area (Å²) < 4.78 is 0. The highest BCUT2D eigenvalue weighted by atomic mass is 16.3. The first-order valence-electron chi connectivity index (χ1n) is 11.1. The van der Waals surface area contributed by atoms with Crippen molar-refractivity contribution >= 4 is 5.91 Å². The van der Waals surface area contributed by atoms with Crippen molar-refractivity contribution < 1.29 is 15.0 Å². The van der Waals surface area contributed by atoms with Gasteiger partial charge in [-0.05, 0) is 68.8 Å². The number of rotatable bonds is 2. The third-order valence-corrected chi connectivity index (χ3v) is 9.03. The monoisotopic (exact) mass is 385 g/mol. The third-order valence-electron chi connectivity index (χ3n) is 9.03. The van der Waals surface area contributed by atoms with Gasteiger partial charge < -0.3 is 15.1 Å². The van der Waals surface area contributed by atoms with Crippen molar-refractivity contribution in [2.24, 2.45) is 28.6 Å². The molecule has 4 rings (SSSR count). The summed E-state index contributed by atoms with van der Waals surface area (Å²) in [6.45, 7) is 4.77. The van der Waals surface area contributed by atoms with E-state index in [1.807, 2.05) is 11.9 Å². The van der Waals surface area contributed by atoms with Gasteiger partial charge in [0.1, 0.15) is 5.60 Å². The lowest BCUT2D eigenvalue weighted by Gasteiger charge is -2.60. The number of amides is 1. The Kier molecular flexibility index (Phi) is 4.91. The number of nitrogens with zero attached hydrogens (tertiary/aromatic N) is 1. The van der Waals surface area contributed by atoms with Crippen LogP contribution in [0.1, 0.15) is 65.2 Å². The molecule has 154 valence electrons. The summed E-state index contributed by atoms with van der Waals surface area (Å²) in [6.07, 6.45) is 11.4. The maximum Gasteiger partial charge on any atom is 0.246 e. The van der Waals surface area contributed by atoms with Crippen LogP contribution in [0.4, 0.5) is 0 Å². The lowest BCUT2D eigenvalue weighted by Crippen LogP contribution is -2.60. The molecule has 3 fully saturated rings. The van der Waals surface area contributed by atoms with Gasteiger partial charge in [0, 0.05) is 36.9 Å². The Balaban J connectivity index is 1.61. The molecule has 3 aliphatic carbocycles. The number of hydrogen-bond donors (Lipinski definition) is 2. The van der Waals surface area contributed by atoms with Crippen LogP contribution in [0.2, 0.25) is 0 Å². The molecule has 3 saturated carbocycles. The zero-order chi connectivity index (χ0) is 20.2. The number of aliphatic hydroxyl groups excluding tert-OH is 1. The van der Waals surface area contributed by atoms with E-state index in [-0.39, 0.29) is 23.3 Å². The first kappa shape index (κ1) is 20.0. The summed E-state index contributed by atoms with van der Waals surface area (Å²) in [4.78, 5) is 14.2. The zero-order valence-electron chi connectivity index (χ0n) is 17.6. The molecule has 4 unspecified atom stereocenters. The molecule has 2 N–H and O–H groups in total. The van der Waals surface area contributed by atoms with E-state index >= 15 is 0 Å². The molecule has 1 amide bonds. The Bertz CT molecular complexity index is 736. The van der Waals surface area contributed by atoms with E-state index in [1.54, 1.807) is 6.08 Å². The molecule has 28 heavy (non-hydrogen) atoms. The van der Waals surface area contributed by atoms with Crippen LogP contribution < -0.4 is 0 Å². The molecule has 0 spiro atoms. The van der Waals surface area contributed by atoms with Gasteiger partial charge in [0.25, 0.3) is 0 Å². The summed E-state index contributed by atoms with van der Waals surface area (Å²) in [6, 6.07) is 0.300. The second-order valence-electron chi connectivity index (χ2n) is 10.1. The second-order valence-corrected chi connectivity index (χ2v) is 10.1. The van der Waals surface area contributed by atoms with Gasteiger partial charge in [0.15, 0.2) is 0 Å². The number of carbonyl (C=O) groups is 1. The molecule has 0 radical (unpaired) electrons. The van der Waals surface area contributed by atoms with Gasteiger partial charge in [-0.3, -0.25) is 4.79 Å². The topological polar surface area (TPSA) is 60.8 Å². The molecule has 4 nitrogen and oxygen atoms in total. The van der Waals surface area contributed by atoms with E-state index in [2.05, 4.69) is 31.8 Å². The highest BCUT2D eigenvalue weighted by molar-refractivity contribution is 5.89. The van der Waals surface area contributed by atoms with E-state index in [9.17, 15) is 9.90 Å². The van der Waals surface area contributed by atoms with Crippen LogP contribution >= 0.6 is 0 Å². The van der Waals surface area contributed by atoms with E-state index in [4.69, 9.17) is 5.11 Å². The number of fused-ring (bicyclic) bond motifs is 5.